The van der Waals surface area contributed by atoms with Crippen LogP contribution in [-0.2, 0) is 4.74 Å². The van der Waals surface area contributed by atoms with Gasteiger partial charge < -0.3 is 14.9 Å². The zero-order valence-corrected chi connectivity index (χ0v) is 8.29. The van der Waals surface area contributed by atoms with Gasteiger partial charge in [0.25, 0.3) is 0 Å². The van der Waals surface area contributed by atoms with Crippen molar-refractivity contribution in [1.82, 2.24) is 0 Å². The van der Waals surface area contributed by atoms with Gasteiger partial charge in [0.1, 0.15) is 0 Å². The highest BCUT2D eigenvalue weighted by atomic mass is 16.7. The van der Waals surface area contributed by atoms with E-state index in [0.29, 0.717) is 0 Å². The summed E-state index contributed by atoms with van der Waals surface area (Å²) in [6.07, 6.45) is 3.59. The Hall–Kier alpha value is -0.640. The molecule has 2 N–H and O–H groups in total. The van der Waals surface area contributed by atoms with E-state index in [-0.39, 0.29) is 12.8 Å². The number of aliphatic hydroxyl groups is 2. The van der Waals surface area contributed by atoms with E-state index >= 15 is 0 Å². The maximum Gasteiger partial charge on any atom is 0.169 e. The van der Waals surface area contributed by atoms with Crippen LogP contribution in [0.25, 0.3) is 0 Å². The molecule has 0 saturated heterocycles. The summed E-state index contributed by atoms with van der Waals surface area (Å²) in [6.45, 7) is 9.92. The Labute approximate surface area is 79.3 Å². The highest BCUT2D eigenvalue weighted by Gasteiger charge is 2.30. The van der Waals surface area contributed by atoms with Crippen molar-refractivity contribution in [3.63, 3.8) is 0 Å². The molecule has 0 aromatic heterocycles. The normalized spacial score (nSPS) is 20.0. The lowest BCUT2D eigenvalue weighted by Gasteiger charge is -2.32. The first-order valence-electron chi connectivity index (χ1n) is 4.20. The molecule has 0 aliphatic heterocycles. The van der Waals surface area contributed by atoms with Gasteiger partial charge in [0.15, 0.2) is 11.6 Å². The Bertz CT molecular complexity index is 163. The largest absolute Gasteiger partial charge is 0.365 e. The second-order valence-electron chi connectivity index (χ2n) is 3.44. The van der Waals surface area contributed by atoms with Gasteiger partial charge >= 0.3 is 0 Å². The van der Waals surface area contributed by atoms with E-state index in [2.05, 4.69) is 13.2 Å². The van der Waals surface area contributed by atoms with Crippen LogP contribution in [0, 0.1) is 0 Å². The summed E-state index contributed by atoms with van der Waals surface area (Å²) in [7, 11) is 0. The van der Waals surface area contributed by atoms with Crippen molar-refractivity contribution < 1.29 is 14.9 Å². The molecule has 0 spiro atoms. The van der Waals surface area contributed by atoms with Crippen molar-refractivity contribution in [1.29, 1.82) is 0 Å². The van der Waals surface area contributed by atoms with Crippen molar-refractivity contribution in [2.75, 3.05) is 0 Å². The lowest BCUT2D eigenvalue weighted by atomic mass is 10.2. The summed E-state index contributed by atoms with van der Waals surface area (Å²) >= 11 is 0. The van der Waals surface area contributed by atoms with Gasteiger partial charge in [-0.15, -0.1) is 13.2 Å². The molecule has 0 aliphatic rings. The fourth-order valence-electron chi connectivity index (χ4n) is 1.09. The van der Waals surface area contributed by atoms with Crippen LogP contribution < -0.4 is 0 Å². The Balaban J connectivity index is 4.22. The molecule has 0 saturated carbocycles. The molecule has 0 bridgehead atoms. The molecule has 0 rings (SSSR count). The van der Waals surface area contributed by atoms with Crippen LogP contribution >= 0.6 is 0 Å². The fraction of sp³-hybridized carbons (Fsp3) is 0.600. The Morgan fingerprint density at radius 3 is 1.62 bits per heavy atom. The fourth-order valence-corrected chi connectivity index (χ4v) is 1.09. The molecule has 0 aromatic rings. The second kappa shape index (κ2) is 4.56. The molecule has 3 heteroatoms. The lowest BCUT2D eigenvalue weighted by Crippen LogP contribution is -2.40. The van der Waals surface area contributed by atoms with E-state index in [1.165, 1.54) is 26.0 Å². The summed E-state index contributed by atoms with van der Waals surface area (Å²) < 4.78 is 5.07. The molecule has 0 radical (unpaired) electrons. The quantitative estimate of drug-likeness (QED) is 0.489. The summed E-state index contributed by atoms with van der Waals surface area (Å²) in [5.41, 5.74) is 0. The van der Waals surface area contributed by atoms with Crippen molar-refractivity contribution in [2.24, 2.45) is 0 Å². The second-order valence-corrected chi connectivity index (χ2v) is 3.44. The number of rotatable bonds is 6. The minimum absolute atomic E-state index is 0.264. The van der Waals surface area contributed by atoms with Gasteiger partial charge in [-0.1, -0.05) is 12.2 Å². The molecule has 0 aliphatic carbocycles. The van der Waals surface area contributed by atoms with Gasteiger partial charge in [-0.05, 0) is 13.8 Å². The molecule has 0 fully saturated rings. The lowest BCUT2D eigenvalue weighted by molar-refractivity contribution is -0.316. The number of hydrogen-bond donors (Lipinski definition) is 2. The molecule has 2 atom stereocenters. The third-order valence-corrected chi connectivity index (χ3v) is 1.49. The zero-order chi connectivity index (χ0) is 10.5. The van der Waals surface area contributed by atoms with Gasteiger partial charge in [0, 0.05) is 12.8 Å². The molecular weight excluding hydrogens is 168 g/mol. The van der Waals surface area contributed by atoms with E-state index < -0.39 is 11.6 Å². The van der Waals surface area contributed by atoms with Crippen LogP contribution in [0.4, 0.5) is 0 Å². The third kappa shape index (κ3) is 5.58. The van der Waals surface area contributed by atoms with E-state index in [0.717, 1.165) is 0 Å². The molecule has 2 unspecified atom stereocenters. The number of ether oxygens (including phenoxy) is 1. The monoisotopic (exact) mass is 186 g/mol. The van der Waals surface area contributed by atoms with Gasteiger partial charge in [0.2, 0.25) is 0 Å². The van der Waals surface area contributed by atoms with Gasteiger partial charge in [-0.2, -0.15) is 0 Å². The zero-order valence-electron chi connectivity index (χ0n) is 8.29. The Kier molecular flexibility index (Phi) is 4.33. The van der Waals surface area contributed by atoms with Gasteiger partial charge in [-0.3, -0.25) is 0 Å². The topological polar surface area (TPSA) is 49.7 Å². The van der Waals surface area contributed by atoms with Gasteiger partial charge in [-0.25, -0.2) is 0 Å². The SMILES string of the molecule is C=CCC(C)(O)OC(C)(O)CC=C. The minimum Gasteiger partial charge on any atom is -0.365 e. The van der Waals surface area contributed by atoms with Crippen molar-refractivity contribution in [3.05, 3.63) is 25.3 Å². The summed E-state index contributed by atoms with van der Waals surface area (Å²) in [5.74, 6) is -2.76. The minimum atomic E-state index is -1.38. The maximum absolute atomic E-state index is 9.59. The first-order chi connectivity index (χ1) is 5.83. The van der Waals surface area contributed by atoms with E-state index in [4.69, 9.17) is 4.74 Å². The van der Waals surface area contributed by atoms with E-state index in [9.17, 15) is 10.2 Å². The predicted molar refractivity (Wildman–Crippen MR) is 52.0 cm³/mol. The maximum atomic E-state index is 9.59. The van der Waals surface area contributed by atoms with Crippen molar-refractivity contribution in [2.45, 2.75) is 38.3 Å². The average molecular weight is 186 g/mol. The summed E-state index contributed by atoms with van der Waals surface area (Å²) in [6, 6.07) is 0. The van der Waals surface area contributed by atoms with Crippen LogP contribution in [0.1, 0.15) is 26.7 Å². The van der Waals surface area contributed by atoms with Crippen LogP contribution in [-0.4, -0.2) is 21.8 Å². The van der Waals surface area contributed by atoms with Crippen LogP contribution in [0.3, 0.4) is 0 Å². The average Bonchev–Trinajstić information content (AvgIpc) is 1.82. The third-order valence-electron chi connectivity index (χ3n) is 1.49. The smallest absolute Gasteiger partial charge is 0.169 e. The Morgan fingerprint density at radius 2 is 1.38 bits per heavy atom. The van der Waals surface area contributed by atoms with Crippen molar-refractivity contribution >= 4 is 0 Å². The molecule has 0 aromatic carbocycles. The molecule has 0 amide bonds. The summed E-state index contributed by atoms with van der Waals surface area (Å²) in [5, 5.41) is 19.2. The van der Waals surface area contributed by atoms with E-state index in [1.807, 2.05) is 0 Å². The molecule has 76 valence electrons. The summed E-state index contributed by atoms with van der Waals surface area (Å²) in [4.78, 5) is 0. The predicted octanol–water partition coefficient (Wildman–Crippen LogP) is 1.57. The van der Waals surface area contributed by atoms with Gasteiger partial charge in [0.05, 0.1) is 0 Å². The van der Waals surface area contributed by atoms with Crippen LogP contribution in [0.2, 0.25) is 0 Å². The van der Waals surface area contributed by atoms with Crippen LogP contribution in [0.5, 0.6) is 0 Å². The Morgan fingerprint density at radius 1 is 1.08 bits per heavy atom. The van der Waals surface area contributed by atoms with E-state index in [1.54, 1.807) is 0 Å². The molecule has 0 heterocycles. The van der Waals surface area contributed by atoms with Crippen molar-refractivity contribution in [3.8, 4) is 0 Å². The highest BCUT2D eigenvalue weighted by Crippen LogP contribution is 2.22. The number of hydrogen-bond acceptors (Lipinski definition) is 3. The first-order valence-corrected chi connectivity index (χ1v) is 4.20. The molecule has 3 nitrogen and oxygen atoms in total. The standard InChI is InChI=1S/C10H18O3/c1-5-7-9(3,11)13-10(4,12)8-6-2/h5-6,11-12H,1-2,7-8H2,3-4H3. The highest BCUT2D eigenvalue weighted by molar-refractivity contribution is 4.81. The molecular formula is C10H18O3. The van der Waals surface area contributed by atoms with Crippen LogP contribution in [0.15, 0.2) is 25.3 Å². The molecule has 13 heavy (non-hydrogen) atoms. The first kappa shape index (κ1) is 12.4.